The second kappa shape index (κ2) is 5.72. The summed E-state index contributed by atoms with van der Waals surface area (Å²) in [5.74, 6) is -0.0339. The lowest BCUT2D eigenvalue weighted by atomic mass is 10.0. The second-order valence-electron chi connectivity index (χ2n) is 4.49. The Labute approximate surface area is 101 Å². The zero-order chi connectivity index (χ0) is 13.0. The average molecular weight is 237 g/mol. The molecule has 94 valence electrons. The first kappa shape index (κ1) is 13.6. The highest BCUT2D eigenvalue weighted by atomic mass is 16.3. The third-order valence-corrected chi connectivity index (χ3v) is 2.66. The van der Waals surface area contributed by atoms with Crippen LogP contribution in [0.4, 0.5) is 0 Å². The number of aliphatic hydroxyl groups excluding tert-OH is 1. The summed E-state index contributed by atoms with van der Waals surface area (Å²) in [4.78, 5) is 12.0. The standard InChI is InChI=1S/C12H19N3O2/c1-7(2)11(6-16)13-12(17)10-5-8(3)14-15-9(10)4/h5,7,11,16H,6H2,1-4H3,(H,13,17)/t11-/m1/s1. The molecule has 1 aromatic heterocycles. The van der Waals surface area contributed by atoms with Crippen molar-refractivity contribution in [3.05, 3.63) is 23.0 Å². The van der Waals surface area contributed by atoms with Crippen LogP contribution in [0.3, 0.4) is 0 Å². The van der Waals surface area contributed by atoms with Crippen molar-refractivity contribution in [3.8, 4) is 0 Å². The Hall–Kier alpha value is -1.49. The van der Waals surface area contributed by atoms with Gasteiger partial charge >= 0.3 is 0 Å². The maximum absolute atomic E-state index is 12.0. The lowest BCUT2D eigenvalue weighted by Gasteiger charge is -2.20. The minimum atomic E-state index is -0.240. The van der Waals surface area contributed by atoms with Gasteiger partial charge in [-0.3, -0.25) is 4.79 Å². The van der Waals surface area contributed by atoms with E-state index in [9.17, 15) is 9.90 Å². The molecular formula is C12H19N3O2. The minimum absolute atomic E-state index is 0.0695. The van der Waals surface area contributed by atoms with Crippen LogP contribution in [0.1, 0.15) is 35.6 Å². The fraction of sp³-hybridized carbons (Fsp3) is 0.583. The molecule has 1 amide bonds. The van der Waals surface area contributed by atoms with Crippen molar-refractivity contribution in [1.82, 2.24) is 15.5 Å². The van der Waals surface area contributed by atoms with Gasteiger partial charge in [-0.2, -0.15) is 10.2 Å². The van der Waals surface area contributed by atoms with Crippen molar-refractivity contribution in [2.75, 3.05) is 6.61 Å². The van der Waals surface area contributed by atoms with E-state index in [1.54, 1.807) is 19.9 Å². The number of nitrogens with one attached hydrogen (secondary N) is 1. The second-order valence-corrected chi connectivity index (χ2v) is 4.49. The molecule has 0 fully saturated rings. The number of aromatic nitrogens is 2. The molecule has 0 aliphatic carbocycles. The number of carbonyl (C=O) groups excluding carboxylic acids is 1. The van der Waals surface area contributed by atoms with Gasteiger partial charge in [0.25, 0.3) is 5.91 Å². The Balaban J connectivity index is 2.86. The van der Waals surface area contributed by atoms with Gasteiger partial charge in [-0.25, -0.2) is 0 Å². The summed E-state index contributed by atoms with van der Waals surface area (Å²) in [6, 6.07) is 1.46. The maximum Gasteiger partial charge on any atom is 0.253 e. The van der Waals surface area contributed by atoms with E-state index in [2.05, 4.69) is 15.5 Å². The first-order valence-electron chi connectivity index (χ1n) is 5.68. The Morgan fingerprint density at radius 3 is 2.59 bits per heavy atom. The third-order valence-electron chi connectivity index (χ3n) is 2.66. The fourth-order valence-corrected chi connectivity index (χ4v) is 1.45. The summed E-state index contributed by atoms with van der Waals surface area (Å²) in [6.45, 7) is 7.36. The predicted molar refractivity (Wildman–Crippen MR) is 64.7 cm³/mol. The molecule has 0 unspecified atom stereocenters. The zero-order valence-electron chi connectivity index (χ0n) is 10.7. The highest BCUT2D eigenvalue weighted by Crippen LogP contribution is 2.07. The van der Waals surface area contributed by atoms with E-state index < -0.39 is 0 Å². The van der Waals surface area contributed by atoms with Gasteiger partial charge in [0.15, 0.2) is 0 Å². The maximum atomic E-state index is 12.0. The van der Waals surface area contributed by atoms with E-state index in [1.165, 1.54) is 0 Å². The quantitative estimate of drug-likeness (QED) is 0.813. The number of aliphatic hydroxyl groups is 1. The molecule has 5 nitrogen and oxygen atoms in total. The highest BCUT2D eigenvalue weighted by Gasteiger charge is 2.18. The smallest absolute Gasteiger partial charge is 0.253 e. The van der Waals surface area contributed by atoms with E-state index in [0.29, 0.717) is 17.0 Å². The minimum Gasteiger partial charge on any atom is -0.394 e. The van der Waals surface area contributed by atoms with Gasteiger partial charge in [0, 0.05) is 0 Å². The summed E-state index contributed by atoms with van der Waals surface area (Å²) < 4.78 is 0. The third kappa shape index (κ3) is 3.49. The molecular weight excluding hydrogens is 218 g/mol. The van der Waals surface area contributed by atoms with Gasteiger partial charge in [0.05, 0.1) is 29.6 Å². The number of hydrogen-bond acceptors (Lipinski definition) is 4. The summed E-state index contributed by atoms with van der Waals surface area (Å²) in [6.07, 6.45) is 0. The normalized spacial score (nSPS) is 12.6. The van der Waals surface area contributed by atoms with Crippen LogP contribution in [-0.2, 0) is 0 Å². The molecule has 1 atom stereocenters. The van der Waals surface area contributed by atoms with Crippen LogP contribution in [0.5, 0.6) is 0 Å². The van der Waals surface area contributed by atoms with Gasteiger partial charge in [-0.1, -0.05) is 13.8 Å². The lowest BCUT2D eigenvalue weighted by Crippen LogP contribution is -2.41. The molecule has 1 rings (SSSR count). The monoisotopic (exact) mass is 237 g/mol. The van der Waals surface area contributed by atoms with E-state index in [0.717, 1.165) is 0 Å². The molecule has 0 aliphatic heterocycles. The molecule has 0 saturated heterocycles. The van der Waals surface area contributed by atoms with Crippen LogP contribution in [-0.4, -0.2) is 33.9 Å². The van der Waals surface area contributed by atoms with Crippen LogP contribution < -0.4 is 5.32 Å². The molecule has 0 saturated carbocycles. The highest BCUT2D eigenvalue weighted by molar-refractivity contribution is 5.95. The molecule has 0 radical (unpaired) electrons. The number of rotatable bonds is 4. The number of carbonyl (C=O) groups is 1. The molecule has 0 aliphatic rings. The van der Waals surface area contributed by atoms with Gasteiger partial charge in [-0.15, -0.1) is 0 Å². The van der Waals surface area contributed by atoms with Crippen molar-refractivity contribution in [3.63, 3.8) is 0 Å². The van der Waals surface area contributed by atoms with E-state index in [-0.39, 0.29) is 24.5 Å². The van der Waals surface area contributed by atoms with Gasteiger partial charge < -0.3 is 10.4 Å². The molecule has 1 heterocycles. The van der Waals surface area contributed by atoms with Crippen LogP contribution in [0.25, 0.3) is 0 Å². The lowest BCUT2D eigenvalue weighted by molar-refractivity contribution is 0.0895. The number of amides is 1. The van der Waals surface area contributed by atoms with Crippen molar-refractivity contribution >= 4 is 5.91 Å². The number of aryl methyl sites for hydroxylation is 2. The summed E-state index contributed by atoms with van der Waals surface area (Å²) in [5, 5.41) is 19.7. The van der Waals surface area contributed by atoms with Crippen LogP contribution in [0.15, 0.2) is 6.07 Å². The first-order chi connectivity index (χ1) is 7.95. The zero-order valence-corrected chi connectivity index (χ0v) is 10.7. The van der Waals surface area contributed by atoms with Crippen LogP contribution >= 0.6 is 0 Å². The van der Waals surface area contributed by atoms with E-state index in [1.807, 2.05) is 13.8 Å². The Morgan fingerprint density at radius 2 is 2.06 bits per heavy atom. The molecule has 0 aromatic carbocycles. The largest absolute Gasteiger partial charge is 0.394 e. The fourth-order valence-electron chi connectivity index (χ4n) is 1.45. The molecule has 5 heteroatoms. The van der Waals surface area contributed by atoms with Crippen molar-refractivity contribution < 1.29 is 9.90 Å². The van der Waals surface area contributed by atoms with Crippen LogP contribution in [0, 0.1) is 19.8 Å². The summed E-state index contributed by atoms with van der Waals surface area (Å²) in [7, 11) is 0. The van der Waals surface area contributed by atoms with Gasteiger partial charge in [0.2, 0.25) is 0 Å². The number of nitrogens with zero attached hydrogens (tertiary/aromatic N) is 2. The summed E-state index contributed by atoms with van der Waals surface area (Å²) in [5.41, 5.74) is 1.80. The van der Waals surface area contributed by atoms with E-state index in [4.69, 9.17) is 0 Å². The van der Waals surface area contributed by atoms with E-state index >= 15 is 0 Å². The van der Waals surface area contributed by atoms with Crippen molar-refractivity contribution in [2.45, 2.75) is 33.7 Å². The first-order valence-corrected chi connectivity index (χ1v) is 5.68. The molecule has 2 N–H and O–H groups in total. The molecule has 17 heavy (non-hydrogen) atoms. The topological polar surface area (TPSA) is 75.1 Å². The molecule has 1 aromatic rings. The Kier molecular flexibility index (Phi) is 4.57. The number of hydrogen-bond donors (Lipinski definition) is 2. The SMILES string of the molecule is Cc1cc(C(=O)N[C@H](CO)C(C)C)c(C)nn1. The van der Waals surface area contributed by atoms with Crippen LogP contribution in [0.2, 0.25) is 0 Å². The predicted octanol–water partition coefficient (Wildman–Crippen LogP) is 0.840. The van der Waals surface area contributed by atoms with Crippen molar-refractivity contribution in [2.24, 2.45) is 5.92 Å². The Bertz CT molecular complexity index is 405. The Morgan fingerprint density at radius 1 is 1.41 bits per heavy atom. The van der Waals surface area contributed by atoms with Gasteiger partial charge in [0.1, 0.15) is 0 Å². The average Bonchev–Trinajstić information content (AvgIpc) is 2.28. The van der Waals surface area contributed by atoms with Gasteiger partial charge in [-0.05, 0) is 25.8 Å². The molecule has 0 bridgehead atoms. The van der Waals surface area contributed by atoms with Crippen molar-refractivity contribution in [1.29, 1.82) is 0 Å². The summed E-state index contributed by atoms with van der Waals surface area (Å²) >= 11 is 0. The molecule has 0 spiro atoms.